The summed E-state index contributed by atoms with van der Waals surface area (Å²) in [7, 11) is 1.56. The lowest BCUT2D eigenvalue weighted by molar-refractivity contribution is 0.0962. The molecule has 0 fully saturated rings. The standard InChI is InChI=1S/C6H7N3O/c1-7-6(10)5-2-8-4-9-3-5/h2-4H,1H3,(H,7,10). The van der Waals surface area contributed by atoms with Gasteiger partial charge in [0.05, 0.1) is 5.56 Å². The lowest BCUT2D eigenvalue weighted by Gasteiger charge is -1.94. The van der Waals surface area contributed by atoms with Crippen LogP contribution in [0.5, 0.6) is 0 Å². The molecule has 0 aliphatic carbocycles. The number of hydrogen-bond acceptors (Lipinski definition) is 3. The normalized spacial score (nSPS) is 8.90. The number of aromatic nitrogens is 2. The van der Waals surface area contributed by atoms with Crippen molar-refractivity contribution >= 4 is 5.91 Å². The molecular weight excluding hydrogens is 130 g/mol. The van der Waals surface area contributed by atoms with E-state index in [2.05, 4.69) is 15.3 Å². The summed E-state index contributed by atoms with van der Waals surface area (Å²) in [6.45, 7) is 0. The Morgan fingerprint density at radius 1 is 1.50 bits per heavy atom. The van der Waals surface area contributed by atoms with E-state index in [9.17, 15) is 4.79 Å². The second-order valence-electron chi connectivity index (χ2n) is 1.71. The molecule has 0 aromatic carbocycles. The number of carbonyl (C=O) groups excluding carboxylic acids is 1. The molecule has 1 aromatic heterocycles. The molecule has 0 aliphatic heterocycles. The Kier molecular flexibility index (Phi) is 1.94. The van der Waals surface area contributed by atoms with E-state index < -0.39 is 0 Å². The van der Waals surface area contributed by atoms with Crippen LogP contribution < -0.4 is 5.32 Å². The van der Waals surface area contributed by atoms with E-state index in [1.54, 1.807) is 7.05 Å². The predicted molar refractivity (Wildman–Crippen MR) is 35.4 cm³/mol. The van der Waals surface area contributed by atoms with Crippen LogP contribution in [-0.4, -0.2) is 22.9 Å². The third-order valence-corrected chi connectivity index (χ3v) is 1.05. The van der Waals surface area contributed by atoms with Crippen LogP contribution in [0, 0.1) is 0 Å². The van der Waals surface area contributed by atoms with Crippen LogP contribution in [0.4, 0.5) is 0 Å². The molecule has 0 bridgehead atoms. The van der Waals surface area contributed by atoms with Crippen LogP contribution in [-0.2, 0) is 0 Å². The minimum absolute atomic E-state index is 0.166. The average Bonchev–Trinajstić information content (AvgIpc) is 2.05. The summed E-state index contributed by atoms with van der Waals surface area (Å²) in [4.78, 5) is 18.2. The van der Waals surface area contributed by atoms with Gasteiger partial charge in [-0.3, -0.25) is 4.79 Å². The smallest absolute Gasteiger partial charge is 0.254 e. The molecule has 1 amide bonds. The van der Waals surface area contributed by atoms with Crippen molar-refractivity contribution in [2.24, 2.45) is 0 Å². The first kappa shape index (κ1) is 6.67. The maximum absolute atomic E-state index is 10.8. The van der Waals surface area contributed by atoms with Crippen molar-refractivity contribution in [2.45, 2.75) is 0 Å². The molecule has 52 valence electrons. The van der Waals surface area contributed by atoms with Gasteiger partial charge in [0.25, 0.3) is 5.91 Å². The molecule has 0 atom stereocenters. The summed E-state index contributed by atoms with van der Waals surface area (Å²) in [5.74, 6) is -0.166. The third kappa shape index (κ3) is 1.28. The maximum atomic E-state index is 10.8. The van der Waals surface area contributed by atoms with E-state index >= 15 is 0 Å². The van der Waals surface area contributed by atoms with Gasteiger partial charge in [-0.05, 0) is 0 Å². The van der Waals surface area contributed by atoms with Crippen LogP contribution >= 0.6 is 0 Å². The molecule has 0 spiro atoms. The molecule has 0 saturated carbocycles. The van der Waals surface area contributed by atoms with Crippen LogP contribution in [0.2, 0.25) is 0 Å². The van der Waals surface area contributed by atoms with Crippen LogP contribution in [0.25, 0.3) is 0 Å². The third-order valence-electron chi connectivity index (χ3n) is 1.05. The topological polar surface area (TPSA) is 54.9 Å². The van der Waals surface area contributed by atoms with Crippen molar-refractivity contribution in [2.75, 3.05) is 7.05 Å². The maximum Gasteiger partial charge on any atom is 0.254 e. The Balaban J connectivity index is 2.85. The van der Waals surface area contributed by atoms with Gasteiger partial charge in [-0.1, -0.05) is 0 Å². The van der Waals surface area contributed by atoms with Crippen molar-refractivity contribution < 1.29 is 4.79 Å². The molecule has 0 unspecified atom stereocenters. The number of amides is 1. The fourth-order valence-corrected chi connectivity index (χ4v) is 0.561. The summed E-state index contributed by atoms with van der Waals surface area (Å²) >= 11 is 0. The van der Waals surface area contributed by atoms with Crippen LogP contribution in [0.3, 0.4) is 0 Å². The van der Waals surface area contributed by atoms with E-state index in [1.165, 1.54) is 18.7 Å². The minimum Gasteiger partial charge on any atom is -0.355 e. The molecule has 0 aliphatic rings. The first-order valence-electron chi connectivity index (χ1n) is 2.81. The SMILES string of the molecule is CNC(=O)c1cncnc1. The highest BCUT2D eigenvalue weighted by molar-refractivity contribution is 5.93. The van der Waals surface area contributed by atoms with E-state index in [1.807, 2.05) is 0 Å². The average molecular weight is 137 g/mol. The van der Waals surface area contributed by atoms with Gasteiger partial charge >= 0.3 is 0 Å². The summed E-state index contributed by atoms with van der Waals surface area (Å²) in [5, 5.41) is 2.46. The summed E-state index contributed by atoms with van der Waals surface area (Å²) in [6.07, 6.45) is 4.31. The van der Waals surface area contributed by atoms with Crippen molar-refractivity contribution in [3.63, 3.8) is 0 Å². The molecule has 4 nitrogen and oxygen atoms in total. The second-order valence-corrected chi connectivity index (χ2v) is 1.71. The van der Waals surface area contributed by atoms with Gasteiger partial charge in [0, 0.05) is 19.4 Å². The Hall–Kier alpha value is -1.45. The molecule has 0 radical (unpaired) electrons. The second kappa shape index (κ2) is 2.91. The van der Waals surface area contributed by atoms with E-state index in [0.29, 0.717) is 5.56 Å². The monoisotopic (exact) mass is 137 g/mol. The van der Waals surface area contributed by atoms with Crippen LogP contribution in [0.15, 0.2) is 18.7 Å². The molecule has 1 aromatic rings. The van der Waals surface area contributed by atoms with Crippen LogP contribution in [0.1, 0.15) is 10.4 Å². The number of nitrogens with one attached hydrogen (secondary N) is 1. The number of hydrogen-bond donors (Lipinski definition) is 1. The van der Waals surface area contributed by atoms with Gasteiger partial charge in [0.15, 0.2) is 0 Å². The minimum atomic E-state index is -0.166. The Bertz CT molecular complexity index is 222. The lowest BCUT2D eigenvalue weighted by atomic mass is 10.3. The zero-order valence-corrected chi connectivity index (χ0v) is 5.53. The zero-order valence-electron chi connectivity index (χ0n) is 5.53. The quantitative estimate of drug-likeness (QED) is 0.585. The summed E-state index contributed by atoms with van der Waals surface area (Å²) < 4.78 is 0. The van der Waals surface area contributed by atoms with E-state index in [0.717, 1.165) is 0 Å². The van der Waals surface area contributed by atoms with Gasteiger partial charge in [-0.15, -0.1) is 0 Å². The number of rotatable bonds is 1. The Morgan fingerprint density at radius 2 is 2.10 bits per heavy atom. The van der Waals surface area contributed by atoms with Gasteiger partial charge in [-0.2, -0.15) is 0 Å². The lowest BCUT2D eigenvalue weighted by Crippen LogP contribution is -2.17. The highest BCUT2D eigenvalue weighted by Crippen LogP contribution is 1.90. The highest BCUT2D eigenvalue weighted by atomic mass is 16.1. The summed E-state index contributed by atoms with van der Waals surface area (Å²) in [5.41, 5.74) is 0.477. The number of nitrogens with zero attached hydrogens (tertiary/aromatic N) is 2. The van der Waals surface area contributed by atoms with Gasteiger partial charge in [-0.25, -0.2) is 9.97 Å². The fraction of sp³-hybridized carbons (Fsp3) is 0.167. The Labute approximate surface area is 58.3 Å². The number of carbonyl (C=O) groups is 1. The van der Waals surface area contributed by atoms with E-state index in [-0.39, 0.29) is 5.91 Å². The molecule has 1 N–H and O–H groups in total. The highest BCUT2D eigenvalue weighted by Gasteiger charge is 1.99. The van der Waals surface area contributed by atoms with Gasteiger partial charge in [0.2, 0.25) is 0 Å². The van der Waals surface area contributed by atoms with Crippen molar-refractivity contribution in [1.82, 2.24) is 15.3 Å². The molecule has 0 saturated heterocycles. The first-order chi connectivity index (χ1) is 4.84. The molecule has 1 rings (SSSR count). The van der Waals surface area contributed by atoms with E-state index in [4.69, 9.17) is 0 Å². The van der Waals surface area contributed by atoms with Crippen molar-refractivity contribution in [3.8, 4) is 0 Å². The molecule has 1 heterocycles. The van der Waals surface area contributed by atoms with Crippen molar-refractivity contribution in [1.29, 1.82) is 0 Å². The van der Waals surface area contributed by atoms with Gasteiger partial charge < -0.3 is 5.32 Å². The Morgan fingerprint density at radius 3 is 2.60 bits per heavy atom. The summed E-state index contributed by atoms with van der Waals surface area (Å²) in [6, 6.07) is 0. The predicted octanol–water partition coefficient (Wildman–Crippen LogP) is -0.164. The van der Waals surface area contributed by atoms with Gasteiger partial charge in [0.1, 0.15) is 6.33 Å². The molecular formula is C6H7N3O. The fourth-order valence-electron chi connectivity index (χ4n) is 0.561. The van der Waals surface area contributed by atoms with Crippen molar-refractivity contribution in [3.05, 3.63) is 24.3 Å². The molecule has 10 heavy (non-hydrogen) atoms. The molecule has 4 heteroatoms. The zero-order chi connectivity index (χ0) is 7.40. The first-order valence-corrected chi connectivity index (χ1v) is 2.81. The largest absolute Gasteiger partial charge is 0.355 e.